The fourth-order valence-corrected chi connectivity index (χ4v) is 1.86. The Morgan fingerprint density at radius 1 is 1.19 bits per heavy atom. The van der Waals surface area contributed by atoms with Crippen molar-refractivity contribution in [1.29, 1.82) is 0 Å². The molecule has 2 aromatic rings. The normalized spacial score (nSPS) is 10.7. The molecule has 0 heterocycles. The largest absolute Gasteiger partial charge is 0.505 e. The van der Waals surface area contributed by atoms with Crippen molar-refractivity contribution in [1.82, 2.24) is 0 Å². The average molecular weight is 289 g/mol. The van der Waals surface area contributed by atoms with Crippen LogP contribution >= 0.6 is 0 Å². The maximum atomic E-state index is 13.2. The number of aromatic hydroxyl groups is 1. The summed E-state index contributed by atoms with van der Waals surface area (Å²) in [6.07, 6.45) is 0. The third-order valence-electron chi connectivity index (χ3n) is 2.97. The number of nitrogens with one attached hydrogen (secondary N) is 1. The summed E-state index contributed by atoms with van der Waals surface area (Å²) in [6.45, 7) is 5.19. The number of rotatable bonds is 6. The van der Waals surface area contributed by atoms with Crippen LogP contribution in [0.15, 0.2) is 42.5 Å². The molecule has 0 atom stereocenters. The lowest BCUT2D eigenvalue weighted by Gasteiger charge is -2.12. The molecule has 112 valence electrons. The first-order valence-corrected chi connectivity index (χ1v) is 6.99. The summed E-state index contributed by atoms with van der Waals surface area (Å²) in [5.41, 5.74) is 1.38. The number of para-hydroxylation sites is 1. The van der Waals surface area contributed by atoms with Gasteiger partial charge in [-0.15, -0.1) is 0 Å². The summed E-state index contributed by atoms with van der Waals surface area (Å²) < 4.78 is 18.9. The molecule has 0 aliphatic rings. The van der Waals surface area contributed by atoms with Gasteiger partial charge in [-0.2, -0.15) is 0 Å². The summed E-state index contributed by atoms with van der Waals surface area (Å²) in [5, 5.41) is 12.8. The van der Waals surface area contributed by atoms with Gasteiger partial charge in [0.25, 0.3) is 0 Å². The number of phenols is 1. The van der Waals surface area contributed by atoms with Gasteiger partial charge in [-0.05, 0) is 24.1 Å². The van der Waals surface area contributed by atoms with Crippen molar-refractivity contribution in [3.63, 3.8) is 0 Å². The van der Waals surface area contributed by atoms with Gasteiger partial charge < -0.3 is 15.2 Å². The van der Waals surface area contributed by atoms with Crippen LogP contribution in [0.2, 0.25) is 0 Å². The minimum atomic E-state index is -0.608. The van der Waals surface area contributed by atoms with E-state index in [1.165, 1.54) is 6.07 Å². The lowest BCUT2D eigenvalue weighted by Crippen LogP contribution is -2.05. The van der Waals surface area contributed by atoms with Crippen molar-refractivity contribution < 1.29 is 14.2 Å². The lowest BCUT2D eigenvalue weighted by molar-refractivity contribution is 0.271. The molecule has 21 heavy (non-hydrogen) atoms. The first-order chi connectivity index (χ1) is 10.1. The van der Waals surface area contributed by atoms with E-state index >= 15 is 0 Å². The third kappa shape index (κ3) is 4.38. The first kappa shape index (κ1) is 15.2. The number of anilines is 1. The zero-order chi connectivity index (χ0) is 15.2. The number of halogens is 1. The Balaban J connectivity index is 2.00. The molecule has 2 rings (SSSR count). The van der Waals surface area contributed by atoms with Crippen LogP contribution in [0.25, 0.3) is 0 Å². The number of ether oxygens (including phenoxy) is 1. The van der Waals surface area contributed by atoms with Crippen LogP contribution in [0, 0.1) is 11.7 Å². The van der Waals surface area contributed by atoms with Crippen molar-refractivity contribution in [2.75, 3.05) is 11.9 Å². The first-order valence-electron chi connectivity index (χ1n) is 6.99. The summed E-state index contributed by atoms with van der Waals surface area (Å²) in [6, 6.07) is 12.1. The molecule has 0 aromatic heterocycles. The molecule has 0 saturated heterocycles. The van der Waals surface area contributed by atoms with Crippen LogP contribution in [-0.4, -0.2) is 11.7 Å². The molecule has 0 amide bonds. The molecular formula is C17H20FNO2. The highest BCUT2D eigenvalue weighted by Gasteiger charge is 2.06. The van der Waals surface area contributed by atoms with Crippen LogP contribution in [-0.2, 0) is 6.54 Å². The molecule has 0 spiro atoms. The lowest BCUT2D eigenvalue weighted by atomic mass is 10.2. The quantitative estimate of drug-likeness (QED) is 0.838. The molecule has 0 radical (unpaired) electrons. The molecule has 0 saturated carbocycles. The highest BCUT2D eigenvalue weighted by Crippen LogP contribution is 2.23. The van der Waals surface area contributed by atoms with Gasteiger partial charge in [0, 0.05) is 23.9 Å². The Morgan fingerprint density at radius 2 is 1.95 bits per heavy atom. The van der Waals surface area contributed by atoms with Gasteiger partial charge in [0.05, 0.1) is 6.61 Å². The maximum absolute atomic E-state index is 13.2. The number of hydrogen-bond acceptors (Lipinski definition) is 3. The van der Waals surface area contributed by atoms with E-state index in [1.54, 1.807) is 12.1 Å². The second-order valence-corrected chi connectivity index (χ2v) is 5.33. The fraction of sp³-hybridized carbons (Fsp3) is 0.294. The van der Waals surface area contributed by atoms with E-state index in [0.29, 0.717) is 24.6 Å². The van der Waals surface area contributed by atoms with Crippen molar-refractivity contribution in [2.24, 2.45) is 5.92 Å². The minimum Gasteiger partial charge on any atom is -0.505 e. The van der Waals surface area contributed by atoms with Crippen LogP contribution in [0.1, 0.15) is 19.4 Å². The van der Waals surface area contributed by atoms with Gasteiger partial charge >= 0.3 is 0 Å². The smallest absolute Gasteiger partial charge is 0.165 e. The van der Waals surface area contributed by atoms with Gasteiger partial charge in [0.1, 0.15) is 5.75 Å². The van der Waals surface area contributed by atoms with Gasteiger partial charge in [0.15, 0.2) is 11.6 Å². The Morgan fingerprint density at radius 3 is 2.71 bits per heavy atom. The van der Waals surface area contributed by atoms with E-state index in [9.17, 15) is 9.50 Å². The zero-order valence-corrected chi connectivity index (χ0v) is 12.3. The van der Waals surface area contributed by atoms with Crippen LogP contribution in [0.4, 0.5) is 10.1 Å². The molecule has 2 N–H and O–H groups in total. The second-order valence-electron chi connectivity index (χ2n) is 5.33. The van der Waals surface area contributed by atoms with Crippen LogP contribution in [0.5, 0.6) is 11.5 Å². The second kappa shape index (κ2) is 6.97. The topological polar surface area (TPSA) is 41.5 Å². The summed E-state index contributed by atoms with van der Waals surface area (Å²) in [5.74, 6) is 0.337. The van der Waals surface area contributed by atoms with Gasteiger partial charge in [-0.25, -0.2) is 4.39 Å². The fourth-order valence-electron chi connectivity index (χ4n) is 1.86. The van der Waals surface area contributed by atoms with Crippen LogP contribution in [0.3, 0.4) is 0 Å². The van der Waals surface area contributed by atoms with Crippen LogP contribution < -0.4 is 10.1 Å². The summed E-state index contributed by atoms with van der Waals surface area (Å²) >= 11 is 0. The van der Waals surface area contributed by atoms with E-state index in [1.807, 2.05) is 24.3 Å². The summed E-state index contributed by atoms with van der Waals surface area (Å²) in [7, 11) is 0. The van der Waals surface area contributed by atoms with Crippen molar-refractivity contribution in [3.8, 4) is 11.5 Å². The molecule has 0 bridgehead atoms. The molecule has 3 nitrogen and oxygen atoms in total. The Bertz CT molecular complexity index is 599. The summed E-state index contributed by atoms with van der Waals surface area (Å²) in [4.78, 5) is 0. The number of hydrogen-bond donors (Lipinski definition) is 2. The Labute approximate surface area is 124 Å². The van der Waals surface area contributed by atoms with E-state index in [0.717, 1.165) is 11.4 Å². The molecule has 0 fully saturated rings. The zero-order valence-electron chi connectivity index (χ0n) is 12.3. The van der Waals surface area contributed by atoms with Gasteiger partial charge in [-0.3, -0.25) is 0 Å². The predicted molar refractivity (Wildman–Crippen MR) is 82.2 cm³/mol. The highest BCUT2D eigenvalue weighted by molar-refractivity contribution is 5.49. The van der Waals surface area contributed by atoms with E-state index < -0.39 is 5.82 Å². The average Bonchev–Trinajstić information content (AvgIpc) is 2.47. The number of benzene rings is 2. The van der Waals surface area contributed by atoms with E-state index in [2.05, 4.69) is 19.2 Å². The third-order valence-corrected chi connectivity index (χ3v) is 2.97. The standard InChI is InChI=1S/C17H20FNO2/c1-12(2)11-21-15-7-4-6-14(9-15)19-10-13-5-3-8-16(18)17(13)20/h3-9,12,19-20H,10-11H2,1-2H3. The Hall–Kier alpha value is -2.23. The SMILES string of the molecule is CC(C)COc1cccc(NCc2cccc(F)c2O)c1. The molecule has 0 aliphatic carbocycles. The minimum absolute atomic E-state index is 0.308. The number of phenolic OH excluding ortho intramolecular Hbond substituents is 1. The maximum Gasteiger partial charge on any atom is 0.165 e. The monoisotopic (exact) mass is 289 g/mol. The molecule has 0 aliphatic heterocycles. The highest BCUT2D eigenvalue weighted by atomic mass is 19.1. The van der Waals surface area contributed by atoms with E-state index in [4.69, 9.17) is 4.74 Å². The van der Waals surface area contributed by atoms with Crippen molar-refractivity contribution in [3.05, 3.63) is 53.8 Å². The molecule has 2 aromatic carbocycles. The van der Waals surface area contributed by atoms with Crippen molar-refractivity contribution in [2.45, 2.75) is 20.4 Å². The van der Waals surface area contributed by atoms with Crippen molar-refractivity contribution >= 4 is 5.69 Å². The molecular weight excluding hydrogens is 269 g/mol. The van der Waals surface area contributed by atoms with Gasteiger partial charge in [0.2, 0.25) is 0 Å². The van der Waals surface area contributed by atoms with E-state index in [-0.39, 0.29) is 5.75 Å². The Kier molecular flexibility index (Phi) is 5.04. The molecule has 0 unspecified atom stereocenters. The van der Waals surface area contributed by atoms with Gasteiger partial charge in [-0.1, -0.05) is 32.0 Å². The predicted octanol–water partition coefficient (Wildman–Crippen LogP) is 4.18. The molecule has 4 heteroatoms.